The molecule has 0 radical (unpaired) electrons. The summed E-state index contributed by atoms with van der Waals surface area (Å²) >= 11 is 12.2. The van der Waals surface area contributed by atoms with Crippen LogP contribution in [0.15, 0.2) is 36.4 Å². The van der Waals surface area contributed by atoms with Gasteiger partial charge >= 0.3 is 6.03 Å². The molecule has 1 N–H and O–H groups in total. The number of nitrogens with one attached hydrogen (secondary N) is 1. The van der Waals surface area contributed by atoms with Gasteiger partial charge in [0.1, 0.15) is 5.54 Å². The van der Waals surface area contributed by atoms with Crippen molar-refractivity contribution in [1.82, 2.24) is 15.1 Å². The Morgan fingerprint density at radius 3 is 2.61 bits per heavy atom. The number of halogens is 2. The fraction of sp³-hybridized carbons (Fsp3) is 0.417. The van der Waals surface area contributed by atoms with Gasteiger partial charge in [0.25, 0.3) is 5.91 Å². The van der Waals surface area contributed by atoms with Crippen molar-refractivity contribution < 1.29 is 19.1 Å². The molecule has 0 unspecified atom stereocenters. The molecule has 0 spiro atoms. The summed E-state index contributed by atoms with van der Waals surface area (Å²) in [5.74, 6) is 1.20. The Kier molecular flexibility index (Phi) is 5.89. The van der Waals surface area contributed by atoms with E-state index in [9.17, 15) is 9.59 Å². The van der Waals surface area contributed by atoms with Crippen LogP contribution in [0, 0.1) is 0 Å². The number of carbonyl (C=O) groups excluding carboxylic acids is 2. The van der Waals surface area contributed by atoms with Gasteiger partial charge in [-0.15, -0.1) is 0 Å². The van der Waals surface area contributed by atoms with Crippen molar-refractivity contribution >= 4 is 35.1 Å². The number of ether oxygens (including phenoxy) is 2. The van der Waals surface area contributed by atoms with Gasteiger partial charge in [0.05, 0.1) is 29.9 Å². The van der Waals surface area contributed by atoms with Gasteiger partial charge < -0.3 is 14.8 Å². The standard InChI is InChI=1S/C24H25Cl2N3O4/c1-24(16-6-7-17(25)18(26)13-16)22(30)29(23(31)27-24)14-28-9-2-4-19(28)15-5-8-20-21(12-15)33-11-3-10-32-20/h5-8,12-13,19H,2-4,9-11,14H2,1H3,(H,27,31)/t19-,24+/m0/s1. The molecular formula is C24H25Cl2N3O4. The number of benzene rings is 2. The van der Waals surface area contributed by atoms with Gasteiger partial charge in [-0.1, -0.05) is 35.3 Å². The maximum absolute atomic E-state index is 13.4. The molecule has 0 aliphatic carbocycles. The number of nitrogens with zero attached hydrogens (tertiary/aromatic N) is 2. The fourth-order valence-electron chi connectivity index (χ4n) is 4.77. The summed E-state index contributed by atoms with van der Waals surface area (Å²) in [6.07, 6.45) is 2.77. The van der Waals surface area contributed by atoms with Crippen LogP contribution < -0.4 is 14.8 Å². The molecule has 33 heavy (non-hydrogen) atoms. The van der Waals surface area contributed by atoms with Crippen molar-refractivity contribution in [1.29, 1.82) is 0 Å². The Morgan fingerprint density at radius 2 is 1.82 bits per heavy atom. The van der Waals surface area contributed by atoms with Crippen molar-refractivity contribution in [2.24, 2.45) is 0 Å². The predicted octanol–water partition coefficient (Wildman–Crippen LogP) is 4.72. The van der Waals surface area contributed by atoms with Crippen molar-refractivity contribution in [3.63, 3.8) is 0 Å². The first kappa shape index (κ1) is 22.3. The van der Waals surface area contributed by atoms with E-state index in [4.69, 9.17) is 32.7 Å². The highest BCUT2D eigenvalue weighted by molar-refractivity contribution is 6.42. The number of imide groups is 1. The first-order valence-electron chi connectivity index (χ1n) is 11.1. The van der Waals surface area contributed by atoms with Crippen molar-refractivity contribution in [3.8, 4) is 11.5 Å². The zero-order chi connectivity index (χ0) is 23.2. The Hall–Kier alpha value is -2.48. The van der Waals surface area contributed by atoms with Crippen LogP contribution in [0.1, 0.15) is 43.4 Å². The molecule has 2 fully saturated rings. The molecule has 2 aromatic carbocycles. The number of likely N-dealkylation sites (tertiary alicyclic amines) is 1. The van der Waals surface area contributed by atoms with Gasteiger partial charge in [0.15, 0.2) is 11.5 Å². The van der Waals surface area contributed by atoms with Crippen molar-refractivity contribution in [2.45, 2.75) is 37.8 Å². The van der Waals surface area contributed by atoms with Gasteiger partial charge in [-0.3, -0.25) is 9.69 Å². The highest BCUT2D eigenvalue weighted by Crippen LogP contribution is 2.39. The fourth-order valence-corrected chi connectivity index (χ4v) is 5.07. The second kappa shape index (κ2) is 8.70. The zero-order valence-electron chi connectivity index (χ0n) is 18.3. The average Bonchev–Trinajstić information content (AvgIpc) is 3.24. The second-order valence-corrected chi connectivity index (χ2v) is 9.60. The largest absolute Gasteiger partial charge is 0.490 e. The summed E-state index contributed by atoms with van der Waals surface area (Å²) in [5, 5.41) is 3.58. The van der Waals surface area contributed by atoms with E-state index in [0.29, 0.717) is 28.8 Å². The molecule has 7 nitrogen and oxygen atoms in total. The number of urea groups is 1. The molecule has 0 aromatic heterocycles. The number of carbonyl (C=O) groups is 2. The summed E-state index contributed by atoms with van der Waals surface area (Å²) in [6, 6.07) is 10.7. The predicted molar refractivity (Wildman–Crippen MR) is 125 cm³/mol. The molecule has 3 heterocycles. The minimum absolute atomic E-state index is 0.0829. The highest BCUT2D eigenvalue weighted by atomic mass is 35.5. The molecule has 2 aromatic rings. The molecule has 9 heteroatoms. The molecule has 2 saturated heterocycles. The van der Waals surface area contributed by atoms with Gasteiger partial charge in [-0.25, -0.2) is 9.69 Å². The van der Waals surface area contributed by atoms with Crippen molar-refractivity contribution in [3.05, 3.63) is 57.6 Å². The lowest BCUT2D eigenvalue weighted by Gasteiger charge is -2.29. The lowest BCUT2D eigenvalue weighted by molar-refractivity contribution is -0.132. The molecule has 3 aliphatic rings. The monoisotopic (exact) mass is 489 g/mol. The van der Waals surface area contributed by atoms with E-state index in [2.05, 4.69) is 10.2 Å². The smallest absolute Gasteiger partial charge is 0.326 e. The third-order valence-electron chi connectivity index (χ3n) is 6.61. The third kappa shape index (κ3) is 4.03. The van der Waals surface area contributed by atoms with Gasteiger partial charge in [0.2, 0.25) is 0 Å². The minimum Gasteiger partial charge on any atom is -0.490 e. The summed E-state index contributed by atoms with van der Waals surface area (Å²) in [7, 11) is 0. The van der Waals surface area contributed by atoms with Crippen molar-refractivity contribution in [2.75, 3.05) is 26.4 Å². The zero-order valence-corrected chi connectivity index (χ0v) is 19.8. The normalized spacial score (nSPS) is 25.3. The Bertz CT molecular complexity index is 1110. The summed E-state index contributed by atoms with van der Waals surface area (Å²) in [5.41, 5.74) is 0.491. The highest BCUT2D eigenvalue weighted by Gasteiger charge is 2.50. The van der Waals surface area contributed by atoms with Crippen LogP contribution in [0.2, 0.25) is 10.0 Å². The maximum Gasteiger partial charge on any atom is 0.326 e. The van der Waals surface area contributed by atoms with E-state index in [-0.39, 0.29) is 18.6 Å². The molecule has 3 amide bonds. The third-order valence-corrected chi connectivity index (χ3v) is 7.35. The number of fused-ring (bicyclic) bond motifs is 1. The average molecular weight is 490 g/mol. The van der Waals surface area contributed by atoms with Crippen LogP contribution >= 0.6 is 23.2 Å². The number of amides is 3. The molecule has 5 rings (SSSR count). The van der Waals surface area contributed by atoms with E-state index >= 15 is 0 Å². The lowest BCUT2D eigenvalue weighted by atomic mass is 9.92. The summed E-state index contributed by atoms with van der Waals surface area (Å²) < 4.78 is 11.6. The van der Waals surface area contributed by atoms with Crippen LogP contribution in [0.4, 0.5) is 4.79 Å². The Balaban J connectivity index is 1.36. The summed E-state index contributed by atoms with van der Waals surface area (Å²) in [6.45, 7) is 3.96. The van der Waals surface area contributed by atoms with Crippen LogP contribution in [-0.4, -0.2) is 48.2 Å². The van der Waals surface area contributed by atoms with Gasteiger partial charge in [-0.2, -0.15) is 0 Å². The minimum atomic E-state index is -1.20. The lowest BCUT2D eigenvalue weighted by Crippen LogP contribution is -2.43. The Labute approximate surface area is 202 Å². The second-order valence-electron chi connectivity index (χ2n) is 8.79. The quantitative estimate of drug-likeness (QED) is 0.629. The topological polar surface area (TPSA) is 71.1 Å². The number of hydrogen-bond donors (Lipinski definition) is 1. The summed E-state index contributed by atoms with van der Waals surface area (Å²) in [4.78, 5) is 29.7. The first-order chi connectivity index (χ1) is 15.9. The van der Waals surface area contributed by atoms with Gasteiger partial charge in [0, 0.05) is 19.0 Å². The molecule has 174 valence electrons. The van der Waals surface area contributed by atoms with Crippen LogP contribution in [0.3, 0.4) is 0 Å². The van der Waals surface area contributed by atoms with E-state index in [1.807, 2.05) is 18.2 Å². The number of rotatable bonds is 4. The van der Waals surface area contributed by atoms with E-state index < -0.39 is 11.6 Å². The molecular weight excluding hydrogens is 465 g/mol. The van der Waals surface area contributed by atoms with E-state index in [0.717, 1.165) is 42.9 Å². The van der Waals surface area contributed by atoms with Gasteiger partial charge in [-0.05, 0) is 55.2 Å². The molecule has 3 aliphatic heterocycles. The molecule has 0 bridgehead atoms. The van der Waals surface area contributed by atoms with E-state index in [1.54, 1.807) is 25.1 Å². The molecule has 0 saturated carbocycles. The molecule has 2 atom stereocenters. The SMILES string of the molecule is C[C@]1(c2ccc(Cl)c(Cl)c2)NC(=O)N(CN2CCC[C@H]2c2ccc3c(c2)OCCCO3)C1=O. The van der Waals surface area contributed by atoms with Crippen LogP contribution in [0.5, 0.6) is 11.5 Å². The number of hydrogen-bond acceptors (Lipinski definition) is 5. The Morgan fingerprint density at radius 1 is 1.03 bits per heavy atom. The van der Waals surface area contributed by atoms with Crippen LogP contribution in [0.25, 0.3) is 0 Å². The first-order valence-corrected chi connectivity index (χ1v) is 11.9. The van der Waals surface area contributed by atoms with Crippen LogP contribution in [-0.2, 0) is 10.3 Å². The van der Waals surface area contributed by atoms with E-state index in [1.165, 1.54) is 4.90 Å². The maximum atomic E-state index is 13.4.